The van der Waals surface area contributed by atoms with E-state index < -0.39 is 10.7 Å². The summed E-state index contributed by atoms with van der Waals surface area (Å²) in [6.07, 6.45) is 0.885. The van der Waals surface area contributed by atoms with Gasteiger partial charge in [-0.25, -0.2) is 4.39 Å². The zero-order chi connectivity index (χ0) is 14.9. The summed E-state index contributed by atoms with van der Waals surface area (Å²) in [6.45, 7) is 3.26. The number of anilines is 1. The summed E-state index contributed by atoms with van der Waals surface area (Å²) in [6, 6.07) is 2.34. The van der Waals surface area contributed by atoms with E-state index in [9.17, 15) is 14.5 Å². The van der Waals surface area contributed by atoms with Crippen LogP contribution in [0.1, 0.15) is 13.3 Å². The Kier molecular flexibility index (Phi) is 4.08. The van der Waals surface area contributed by atoms with E-state index in [4.69, 9.17) is 10.5 Å². The van der Waals surface area contributed by atoms with Gasteiger partial charge in [-0.1, -0.05) is 0 Å². The van der Waals surface area contributed by atoms with Crippen molar-refractivity contribution >= 4 is 11.4 Å². The molecule has 0 amide bonds. The molecular weight excluding hydrogens is 265 g/mol. The van der Waals surface area contributed by atoms with Crippen molar-refractivity contribution in [3.05, 3.63) is 28.1 Å². The van der Waals surface area contributed by atoms with Gasteiger partial charge in [0, 0.05) is 25.2 Å². The Labute approximate surface area is 116 Å². The Morgan fingerprint density at radius 1 is 1.60 bits per heavy atom. The molecule has 1 heterocycles. The van der Waals surface area contributed by atoms with Crippen molar-refractivity contribution in [2.45, 2.75) is 19.4 Å². The van der Waals surface area contributed by atoms with Crippen LogP contribution in [0.15, 0.2) is 12.1 Å². The zero-order valence-corrected chi connectivity index (χ0v) is 11.5. The standard InChI is InChI=1S/C13H18FN3O3/c1-8(15)9-3-4-16(7-9)11-6-13(20-2)12(17(18)19)5-10(11)14/h5-6,8-9H,3-4,7,15H2,1-2H3. The SMILES string of the molecule is COc1cc(N2CCC(C(C)N)C2)c(F)cc1[N+](=O)[O-]. The first-order valence-electron chi connectivity index (χ1n) is 6.46. The van der Waals surface area contributed by atoms with Gasteiger partial charge in [-0.05, 0) is 19.3 Å². The van der Waals surface area contributed by atoms with E-state index in [1.54, 1.807) is 0 Å². The van der Waals surface area contributed by atoms with Crippen molar-refractivity contribution in [3.63, 3.8) is 0 Å². The predicted molar refractivity (Wildman–Crippen MR) is 73.6 cm³/mol. The quantitative estimate of drug-likeness (QED) is 0.674. The van der Waals surface area contributed by atoms with Crippen LogP contribution in [-0.4, -0.2) is 31.2 Å². The fourth-order valence-corrected chi connectivity index (χ4v) is 2.52. The van der Waals surface area contributed by atoms with Crippen molar-refractivity contribution in [1.82, 2.24) is 0 Å². The second kappa shape index (κ2) is 5.62. The van der Waals surface area contributed by atoms with Gasteiger partial charge in [-0.15, -0.1) is 0 Å². The average Bonchev–Trinajstić information content (AvgIpc) is 2.87. The molecule has 1 saturated heterocycles. The van der Waals surface area contributed by atoms with Gasteiger partial charge in [0.05, 0.1) is 23.8 Å². The van der Waals surface area contributed by atoms with Crippen molar-refractivity contribution < 1.29 is 14.1 Å². The molecule has 2 unspecified atom stereocenters. The fourth-order valence-electron chi connectivity index (χ4n) is 2.52. The number of methoxy groups -OCH3 is 1. The molecule has 0 radical (unpaired) electrons. The molecule has 0 aromatic heterocycles. The van der Waals surface area contributed by atoms with Crippen LogP contribution in [0, 0.1) is 21.8 Å². The van der Waals surface area contributed by atoms with E-state index in [0.717, 1.165) is 12.5 Å². The van der Waals surface area contributed by atoms with Crippen LogP contribution in [0.5, 0.6) is 5.75 Å². The molecule has 0 bridgehead atoms. The lowest BCUT2D eigenvalue weighted by Gasteiger charge is -2.21. The van der Waals surface area contributed by atoms with Crippen molar-refractivity contribution in [1.29, 1.82) is 0 Å². The lowest BCUT2D eigenvalue weighted by atomic mass is 10.0. The molecule has 1 fully saturated rings. The Hall–Kier alpha value is -1.89. The molecule has 2 rings (SSSR count). The number of hydrogen-bond donors (Lipinski definition) is 1. The number of benzene rings is 1. The van der Waals surface area contributed by atoms with Crippen LogP contribution in [0.4, 0.5) is 15.8 Å². The molecule has 20 heavy (non-hydrogen) atoms. The molecule has 110 valence electrons. The number of rotatable bonds is 4. The Morgan fingerprint density at radius 3 is 2.80 bits per heavy atom. The minimum absolute atomic E-state index is 0.0444. The molecule has 2 N–H and O–H groups in total. The first kappa shape index (κ1) is 14.5. The highest BCUT2D eigenvalue weighted by atomic mass is 19.1. The molecule has 6 nitrogen and oxygen atoms in total. The molecule has 1 aromatic rings. The number of halogens is 1. The van der Waals surface area contributed by atoms with Crippen molar-refractivity contribution in [2.75, 3.05) is 25.1 Å². The highest BCUT2D eigenvalue weighted by Gasteiger charge is 2.29. The van der Waals surface area contributed by atoms with E-state index in [1.807, 2.05) is 11.8 Å². The largest absolute Gasteiger partial charge is 0.490 e. The number of ether oxygens (including phenoxy) is 1. The third-order valence-corrected chi connectivity index (χ3v) is 3.75. The molecular formula is C13H18FN3O3. The van der Waals surface area contributed by atoms with Gasteiger partial charge in [0.25, 0.3) is 0 Å². The summed E-state index contributed by atoms with van der Waals surface area (Å²) in [5.41, 5.74) is 5.83. The number of hydrogen-bond acceptors (Lipinski definition) is 5. The van der Waals surface area contributed by atoms with Crippen LogP contribution in [0.3, 0.4) is 0 Å². The fraction of sp³-hybridized carbons (Fsp3) is 0.538. The lowest BCUT2D eigenvalue weighted by Crippen LogP contribution is -2.30. The topological polar surface area (TPSA) is 81.6 Å². The first-order valence-corrected chi connectivity index (χ1v) is 6.46. The van der Waals surface area contributed by atoms with Gasteiger partial charge in [0.2, 0.25) is 0 Å². The molecule has 1 aliphatic rings. The first-order chi connectivity index (χ1) is 9.43. The minimum atomic E-state index is -0.652. The number of nitro benzene ring substituents is 1. The maximum absolute atomic E-state index is 14.1. The number of nitro groups is 1. The summed E-state index contributed by atoms with van der Waals surface area (Å²) in [5, 5.41) is 10.8. The van der Waals surface area contributed by atoms with Gasteiger partial charge in [-0.3, -0.25) is 10.1 Å². The molecule has 2 atom stereocenters. The normalized spacial score (nSPS) is 20.0. The van der Waals surface area contributed by atoms with E-state index >= 15 is 0 Å². The van der Waals surface area contributed by atoms with Gasteiger partial charge < -0.3 is 15.4 Å². The summed E-state index contributed by atoms with van der Waals surface area (Å²) < 4.78 is 19.1. The van der Waals surface area contributed by atoms with E-state index in [2.05, 4.69) is 0 Å². The zero-order valence-electron chi connectivity index (χ0n) is 11.5. The highest BCUT2D eigenvalue weighted by Crippen LogP contribution is 2.36. The van der Waals surface area contributed by atoms with Crippen LogP contribution in [0.25, 0.3) is 0 Å². The number of nitrogens with zero attached hydrogens (tertiary/aromatic N) is 2. The molecule has 0 aliphatic carbocycles. The Morgan fingerprint density at radius 2 is 2.30 bits per heavy atom. The monoisotopic (exact) mass is 283 g/mol. The summed E-state index contributed by atoms with van der Waals surface area (Å²) in [7, 11) is 1.33. The average molecular weight is 283 g/mol. The summed E-state index contributed by atoms with van der Waals surface area (Å²) in [5.74, 6) is -0.242. The summed E-state index contributed by atoms with van der Waals surface area (Å²) >= 11 is 0. The van der Waals surface area contributed by atoms with Gasteiger partial charge >= 0.3 is 5.69 Å². The molecule has 1 aliphatic heterocycles. The van der Waals surface area contributed by atoms with Gasteiger partial charge in [0.1, 0.15) is 0 Å². The predicted octanol–water partition coefficient (Wildman–Crippen LogP) is 1.92. The maximum Gasteiger partial charge on any atom is 0.313 e. The van der Waals surface area contributed by atoms with Crippen LogP contribution < -0.4 is 15.4 Å². The Bertz CT molecular complexity index is 522. The molecule has 0 saturated carbocycles. The smallest absolute Gasteiger partial charge is 0.313 e. The van der Waals surface area contributed by atoms with Crippen LogP contribution >= 0.6 is 0 Å². The molecule has 0 spiro atoms. The molecule has 7 heteroatoms. The molecule has 1 aromatic carbocycles. The third-order valence-electron chi connectivity index (χ3n) is 3.75. The van der Waals surface area contributed by atoms with E-state index in [-0.39, 0.29) is 17.5 Å². The second-order valence-electron chi connectivity index (χ2n) is 5.09. The lowest BCUT2D eigenvalue weighted by molar-refractivity contribution is -0.385. The van der Waals surface area contributed by atoms with Gasteiger partial charge in [-0.2, -0.15) is 0 Å². The number of nitrogens with two attached hydrogens (primary N) is 1. The van der Waals surface area contributed by atoms with Crippen LogP contribution in [0.2, 0.25) is 0 Å². The second-order valence-corrected chi connectivity index (χ2v) is 5.09. The minimum Gasteiger partial charge on any atom is -0.490 e. The van der Waals surface area contributed by atoms with Gasteiger partial charge in [0.15, 0.2) is 11.6 Å². The van der Waals surface area contributed by atoms with Crippen molar-refractivity contribution in [2.24, 2.45) is 11.7 Å². The van der Waals surface area contributed by atoms with E-state index in [1.165, 1.54) is 13.2 Å². The highest BCUT2D eigenvalue weighted by molar-refractivity contribution is 5.60. The maximum atomic E-state index is 14.1. The van der Waals surface area contributed by atoms with E-state index in [0.29, 0.717) is 24.7 Å². The van der Waals surface area contributed by atoms with Crippen molar-refractivity contribution in [3.8, 4) is 5.75 Å². The Balaban J connectivity index is 2.31. The van der Waals surface area contributed by atoms with Crippen LogP contribution in [-0.2, 0) is 0 Å². The summed E-state index contributed by atoms with van der Waals surface area (Å²) in [4.78, 5) is 12.0. The third kappa shape index (κ3) is 2.67.